The van der Waals surface area contributed by atoms with Gasteiger partial charge in [-0.2, -0.15) is 13.2 Å². The minimum atomic E-state index is -4.31. The number of aliphatic hydroxyl groups is 1. The Morgan fingerprint density at radius 1 is 1.18 bits per heavy atom. The summed E-state index contributed by atoms with van der Waals surface area (Å²) in [5.74, 6) is 0.197. The van der Waals surface area contributed by atoms with Crippen LogP contribution >= 0.6 is 0 Å². The van der Waals surface area contributed by atoms with Gasteiger partial charge in [0, 0.05) is 5.69 Å². The van der Waals surface area contributed by atoms with Gasteiger partial charge in [-0.15, -0.1) is 0 Å². The standard InChI is InChI=1S/C12H16F3NO/c1-8(2)11(7-17)16-10-5-3-9(4-6-10)12(13,14)15/h3-6,8,11,16-17H,7H2,1-2H3. The Morgan fingerprint density at radius 2 is 1.71 bits per heavy atom. The van der Waals surface area contributed by atoms with Crippen LogP contribution in [0.1, 0.15) is 19.4 Å². The highest BCUT2D eigenvalue weighted by atomic mass is 19.4. The lowest BCUT2D eigenvalue weighted by Crippen LogP contribution is -2.29. The van der Waals surface area contributed by atoms with Gasteiger partial charge in [0.15, 0.2) is 0 Å². The van der Waals surface area contributed by atoms with E-state index in [1.54, 1.807) is 0 Å². The van der Waals surface area contributed by atoms with Crippen LogP contribution in [0.25, 0.3) is 0 Å². The normalized spacial score (nSPS) is 13.8. The molecule has 0 fully saturated rings. The molecule has 1 unspecified atom stereocenters. The second kappa shape index (κ2) is 5.40. The minimum absolute atomic E-state index is 0.0569. The van der Waals surface area contributed by atoms with E-state index in [-0.39, 0.29) is 18.6 Å². The highest BCUT2D eigenvalue weighted by Crippen LogP contribution is 2.30. The Labute approximate surface area is 98.5 Å². The van der Waals surface area contributed by atoms with Crippen molar-refractivity contribution in [2.24, 2.45) is 5.92 Å². The van der Waals surface area contributed by atoms with E-state index in [9.17, 15) is 13.2 Å². The maximum Gasteiger partial charge on any atom is 0.416 e. The van der Waals surface area contributed by atoms with Crippen LogP contribution in [0.5, 0.6) is 0 Å². The van der Waals surface area contributed by atoms with E-state index in [1.807, 2.05) is 13.8 Å². The third-order valence-corrected chi connectivity index (χ3v) is 2.57. The second-order valence-electron chi connectivity index (χ2n) is 4.25. The molecular weight excluding hydrogens is 231 g/mol. The number of anilines is 1. The molecule has 0 spiro atoms. The molecule has 0 heterocycles. The van der Waals surface area contributed by atoms with Crippen LogP contribution in [0.15, 0.2) is 24.3 Å². The van der Waals surface area contributed by atoms with Crippen molar-refractivity contribution >= 4 is 5.69 Å². The van der Waals surface area contributed by atoms with Crippen molar-refractivity contribution in [3.63, 3.8) is 0 Å². The Hall–Kier alpha value is -1.23. The average Bonchev–Trinajstić information content (AvgIpc) is 2.25. The van der Waals surface area contributed by atoms with E-state index in [0.717, 1.165) is 12.1 Å². The van der Waals surface area contributed by atoms with Crippen LogP contribution in [0.3, 0.4) is 0 Å². The van der Waals surface area contributed by atoms with Gasteiger partial charge >= 0.3 is 6.18 Å². The maximum absolute atomic E-state index is 12.3. The number of hydrogen-bond donors (Lipinski definition) is 2. The van der Waals surface area contributed by atoms with Crippen LogP contribution in [0.2, 0.25) is 0 Å². The van der Waals surface area contributed by atoms with Crippen LogP contribution in [0, 0.1) is 5.92 Å². The lowest BCUT2D eigenvalue weighted by molar-refractivity contribution is -0.137. The van der Waals surface area contributed by atoms with E-state index >= 15 is 0 Å². The zero-order valence-corrected chi connectivity index (χ0v) is 9.75. The minimum Gasteiger partial charge on any atom is -0.394 e. The summed E-state index contributed by atoms with van der Waals surface area (Å²) in [5.41, 5.74) is -0.0982. The molecule has 0 saturated heterocycles. The van der Waals surface area contributed by atoms with Gasteiger partial charge in [0.1, 0.15) is 0 Å². The Balaban J connectivity index is 2.75. The van der Waals surface area contributed by atoms with Gasteiger partial charge in [0.2, 0.25) is 0 Å². The van der Waals surface area contributed by atoms with Gasteiger partial charge in [-0.1, -0.05) is 13.8 Å². The molecule has 2 N–H and O–H groups in total. The number of hydrogen-bond acceptors (Lipinski definition) is 2. The summed E-state index contributed by atoms with van der Waals surface area (Å²) in [5, 5.41) is 12.1. The fourth-order valence-corrected chi connectivity index (χ4v) is 1.39. The van der Waals surface area contributed by atoms with E-state index in [1.165, 1.54) is 12.1 Å². The van der Waals surface area contributed by atoms with E-state index in [0.29, 0.717) is 5.69 Å². The molecule has 0 radical (unpaired) electrons. The smallest absolute Gasteiger partial charge is 0.394 e. The predicted molar refractivity (Wildman–Crippen MR) is 60.8 cm³/mol. The molecule has 0 saturated carbocycles. The fraction of sp³-hybridized carbons (Fsp3) is 0.500. The van der Waals surface area contributed by atoms with Gasteiger partial charge in [0.05, 0.1) is 18.2 Å². The maximum atomic E-state index is 12.3. The molecule has 1 atom stereocenters. The highest BCUT2D eigenvalue weighted by Gasteiger charge is 2.30. The molecule has 1 rings (SSSR count). The molecular formula is C12H16F3NO. The van der Waals surface area contributed by atoms with Gasteiger partial charge < -0.3 is 10.4 Å². The molecule has 0 aliphatic carbocycles. The number of aliphatic hydroxyl groups excluding tert-OH is 1. The monoisotopic (exact) mass is 247 g/mol. The van der Waals surface area contributed by atoms with Gasteiger partial charge in [-0.3, -0.25) is 0 Å². The molecule has 0 aliphatic rings. The van der Waals surface area contributed by atoms with Crippen LogP contribution < -0.4 is 5.32 Å². The lowest BCUT2D eigenvalue weighted by Gasteiger charge is -2.21. The summed E-state index contributed by atoms with van der Waals surface area (Å²) < 4.78 is 36.9. The van der Waals surface area contributed by atoms with Crippen molar-refractivity contribution in [2.45, 2.75) is 26.1 Å². The van der Waals surface area contributed by atoms with Crippen molar-refractivity contribution in [1.82, 2.24) is 0 Å². The Kier molecular flexibility index (Phi) is 4.40. The molecule has 1 aromatic rings. The largest absolute Gasteiger partial charge is 0.416 e. The Bertz CT molecular complexity index is 346. The predicted octanol–water partition coefficient (Wildman–Crippen LogP) is 3.13. The topological polar surface area (TPSA) is 32.3 Å². The number of halogens is 3. The quantitative estimate of drug-likeness (QED) is 0.856. The van der Waals surface area contributed by atoms with Crippen molar-refractivity contribution in [1.29, 1.82) is 0 Å². The molecule has 96 valence electrons. The number of benzene rings is 1. The zero-order chi connectivity index (χ0) is 13.1. The third-order valence-electron chi connectivity index (χ3n) is 2.57. The summed E-state index contributed by atoms with van der Waals surface area (Å²) in [6.07, 6.45) is -4.31. The van der Waals surface area contributed by atoms with Crippen LogP contribution in [-0.2, 0) is 6.18 Å². The van der Waals surface area contributed by atoms with E-state index in [2.05, 4.69) is 5.32 Å². The molecule has 5 heteroatoms. The first kappa shape index (κ1) is 13.8. The Morgan fingerprint density at radius 3 is 2.06 bits per heavy atom. The lowest BCUT2D eigenvalue weighted by atomic mass is 10.0. The first-order valence-electron chi connectivity index (χ1n) is 5.39. The SMILES string of the molecule is CC(C)C(CO)Nc1ccc(C(F)(F)F)cc1. The summed E-state index contributed by atoms with van der Waals surface area (Å²) >= 11 is 0. The molecule has 0 aliphatic heterocycles. The van der Waals surface area contributed by atoms with Gasteiger partial charge in [-0.25, -0.2) is 0 Å². The van der Waals surface area contributed by atoms with Crippen molar-refractivity contribution in [3.8, 4) is 0 Å². The zero-order valence-electron chi connectivity index (χ0n) is 9.75. The molecule has 17 heavy (non-hydrogen) atoms. The highest BCUT2D eigenvalue weighted by molar-refractivity contribution is 5.46. The van der Waals surface area contributed by atoms with Gasteiger partial charge in [-0.05, 0) is 30.2 Å². The number of nitrogens with one attached hydrogen (secondary N) is 1. The number of rotatable bonds is 4. The van der Waals surface area contributed by atoms with Crippen molar-refractivity contribution < 1.29 is 18.3 Å². The average molecular weight is 247 g/mol. The molecule has 1 aromatic carbocycles. The van der Waals surface area contributed by atoms with Crippen LogP contribution in [-0.4, -0.2) is 17.8 Å². The first-order valence-corrected chi connectivity index (χ1v) is 5.39. The molecule has 0 aromatic heterocycles. The summed E-state index contributed by atoms with van der Waals surface area (Å²) in [6.45, 7) is 3.80. The van der Waals surface area contributed by atoms with Crippen molar-refractivity contribution in [2.75, 3.05) is 11.9 Å². The molecule has 0 bridgehead atoms. The second-order valence-corrected chi connectivity index (χ2v) is 4.25. The summed E-state index contributed by atoms with van der Waals surface area (Å²) in [6, 6.07) is 4.63. The van der Waals surface area contributed by atoms with E-state index in [4.69, 9.17) is 5.11 Å². The van der Waals surface area contributed by atoms with Crippen LogP contribution in [0.4, 0.5) is 18.9 Å². The van der Waals surface area contributed by atoms with Crippen molar-refractivity contribution in [3.05, 3.63) is 29.8 Å². The summed E-state index contributed by atoms with van der Waals surface area (Å²) in [7, 11) is 0. The molecule has 2 nitrogen and oxygen atoms in total. The third kappa shape index (κ3) is 3.93. The number of alkyl halides is 3. The molecule has 0 amide bonds. The fourth-order valence-electron chi connectivity index (χ4n) is 1.39. The first-order chi connectivity index (χ1) is 7.84. The summed E-state index contributed by atoms with van der Waals surface area (Å²) in [4.78, 5) is 0. The van der Waals surface area contributed by atoms with Gasteiger partial charge in [0.25, 0.3) is 0 Å². The van der Waals surface area contributed by atoms with E-state index < -0.39 is 11.7 Å².